The molecule has 0 radical (unpaired) electrons. The molecule has 0 aliphatic carbocycles. The van der Waals surface area contributed by atoms with Crippen molar-refractivity contribution in [2.45, 2.75) is 19.3 Å². The Kier molecular flexibility index (Phi) is 5.82. The Balaban J connectivity index is 1.74. The Morgan fingerprint density at radius 2 is 1.83 bits per heavy atom. The number of carbonyl (C=O) groups excluding carboxylic acids is 1. The van der Waals surface area contributed by atoms with E-state index in [2.05, 4.69) is 10.3 Å². The van der Waals surface area contributed by atoms with E-state index >= 15 is 0 Å². The van der Waals surface area contributed by atoms with Gasteiger partial charge in [0.15, 0.2) is 0 Å². The van der Waals surface area contributed by atoms with Crippen molar-refractivity contribution in [1.82, 2.24) is 10.3 Å². The zero-order chi connectivity index (χ0) is 21.0. The second-order valence-corrected chi connectivity index (χ2v) is 7.42. The minimum absolute atomic E-state index is 0.0338. The van der Waals surface area contributed by atoms with E-state index in [0.717, 1.165) is 11.1 Å². The molecule has 1 heterocycles. The van der Waals surface area contributed by atoms with E-state index in [4.69, 9.17) is 4.74 Å². The van der Waals surface area contributed by atoms with E-state index < -0.39 is 16.9 Å². The maximum atomic E-state index is 13.1. The molecule has 0 spiro atoms. The van der Waals surface area contributed by atoms with Crippen LogP contribution >= 0.6 is 0 Å². The summed E-state index contributed by atoms with van der Waals surface area (Å²) in [6.45, 7) is 4.18. The van der Waals surface area contributed by atoms with Gasteiger partial charge < -0.3 is 15.0 Å². The highest BCUT2D eigenvalue weighted by atomic mass is 19.1. The normalized spacial score (nSPS) is 11.2. The summed E-state index contributed by atoms with van der Waals surface area (Å²) >= 11 is 0. The molecule has 29 heavy (non-hydrogen) atoms. The molecule has 1 amide bonds. The molecule has 2 aromatic carbocycles. The summed E-state index contributed by atoms with van der Waals surface area (Å²) in [5, 5.41) is 2.80. The number of ether oxygens (including phenoxy) is 1. The molecule has 0 unspecified atom stereocenters. The van der Waals surface area contributed by atoms with E-state index in [0.29, 0.717) is 18.0 Å². The van der Waals surface area contributed by atoms with Crippen LogP contribution in [0.15, 0.2) is 65.5 Å². The lowest BCUT2D eigenvalue weighted by Crippen LogP contribution is -2.38. The van der Waals surface area contributed by atoms with Crippen molar-refractivity contribution in [3.63, 3.8) is 0 Å². The lowest BCUT2D eigenvalue weighted by molar-refractivity contribution is 0.0944. The zero-order valence-electron chi connectivity index (χ0n) is 16.6. The third-order valence-corrected chi connectivity index (χ3v) is 4.85. The van der Waals surface area contributed by atoms with Gasteiger partial charge in [-0.25, -0.2) is 4.39 Å². The third kappa shape index (κ3) is 4.71. The second kappa shape index (κ2) is 8.31. The Bertz CT molecular complexity index is 1070. The summed E-state index contributed by atoms with van der Waals surface area (Å²) in [5.74, 6) is -0.0944. The van der Waals surface area contributed by atoms with Gasteiger partial charge in [-0.1, -0.05) is 38.1 Å². The summed E-state index contributed by atoms with van der Waals surface area (Å²) in [6, 6.07) is 16.6. The van der Waals surface area contributed by atoms with Gasteiger partial charge in [0.05, 0.1) is 7.11 Å². The molecule has 2 N–H and O–H groups in total. The quantitative estimate of drug-likeness (QED) is 0.666. The Morgan fingerprint density at radius 3 is 2.48 bits per heavy atom. The van der Waals surface area contributed by atoms with Crippen molar-refractivity contribution >= 4 is 5.91 Å². The average molecular weight is 394 g/mol. The second-order valence-electron chi connectivity index (χ2n) is 7.42. The van der Waals surface area contributed by atoms with Crippen molar-refractivity contribution in [2.75, 3.05) is 13.7 Å². The van der Waals surface area contributed by atoms with Crippen LogP contribution < -0.4 is 15.6 Å². The van der Waals surface area contributed by atoms with E-state index in [1.807, 2.05) is 32.0 Å². The summed E-state index contributed by atoms with van der Waals surface area (Å²) in [6.07, 6.45) is 0. The van der Waals surface area contributed by atoms with Crippen LogP contribution in [0.4, 0.5) is 4.39 Å². The smallest absolute Gasteiger partial charge is 0.261 e. The molecule has 3 rings (SSSR count). The van der Waals surface area contributed by atoms with Gasteiger partial charge in [-0.05, 0) is 42.0 Å². The minimum atomic E-state index is -0.470. The predicted octanol–water partition coefficient (Wildman–Crippen LogP) is 3.90. The molecule has 1 aromatic heterocycles. The van der Waals surface area contributed by atoms with E-state index in [-0.39, 0.29) is 11.4 Å². The van der Waals surface area contributed by atoms with Crippen molar-refractivity contribution in [2.24, 2.45) is 0 Å². The molecule has 0 aliphatic rings. The van der Waals surface area contributed by atoms with Gasteiger partial charge in [0.1, 0.15) is 17.1 Å². The van der Waals surface area contributed by atoms with Gasteiger partial charge in [-0.3, -0.25) is 9.59 Å². The topological polar surface area (TPSA) is 71.2 Å². The first kappa shape index (κ1) is 20.3. The Morgan fingerprint density at radius 1 is 1.10 bits per heavy atom. The first-order valence-corrected chi connectivity index (χ1v) is 9.22. The summed E-state index contributed by atoms with van der Waals surface area (Å²) in [7, 11) is 1.57. The molecule has 0 fully saturated rings. The summed E-state index contributed by atoms with van der Waals surface area (Å²) in [4.78, 5) is 27.7. The number of hydrogen-bond acceptors (Lipinski definition) is 3. The highest BCUT2D eigenvalue weighted by molar-refractivity contribution is 5.94. The number of nitrogens with one attached hydrogen (secondary N) is 2. The minimum Gasteiger partial charge on any atom is -0.497 e. The van der Waals surface area contributed by atoms with Crippen molar-refractivity contribution in [3.8, 4) is 17.0 Å². The SMILES string of the molecule is COc1cccc(-c2ccc(C(=O)NCC(C)(C)c3ccc(F)cc3)c(=O)[nH]2)c1. The Hall–Kier alpha value is -3.41. The first-order valence-electron chi connectivity index (χ1n) is 9.22. The van der Waals surface area contributed by atoms with Crippen LogP contribution in [-0.4, -0.2) is 24.5 Å². The van der Waals surface area contributed by atoms with Gasteiger partial charge in [0.2, 0.25) is 0 Å². The molecule has 0 saturated carbocycles. The largest absolute Gasteiger partial charge is 0.497 e. The highest BCUT2D eigenvalue weighted by Gasteiger charge is 2.22. The number of methoxy groups -OCH3 is 1. The maximum absolute atomic E-state index is 13.1. The fourth-order valence-corrected chi connectivity index (χ4v) is 3.01. The van der Waals surface area contributed by atoms with E-state index in [1.54, 1.807) is 31.4 Å². The number of halogens is 1. The molecule has 5 nitrogen and oxygen atoms in total. The van der Waals surface area contributed by atoms with Crippen LogP contribution in [0.5, 0.6) is 5.75 Å². The van der Waals surface area contributed by atoms with Gasteiger partial charge in [0.25, 0.3) is 11.5 Å². The first-order chi connectivity index (χ1) is 13.8. The van der Waals surface area contributed by atoms with Crippen molar-refractivity contribution < 1.29 is 13.9 Å². The van der Waals surface area contributed by atoms with Crippen LogP contribution in [0.25, 0.3) is 11.3 Å². The van der Waals surface area contributed by atoms with Gasteiger partial charge in [0, 0.05) is 23.2 Å². The number of H-pyrrole nitrogens is 1. The van der Waals surface area contributed by atoms with Crippen LogP contribution in [-0.2, 0) is 5.41 Å². The predicted molar refractivity (Wildman–Crippen MR) is 111 cm³/mol. The molecule has 0 atom stereocenters. The Labute approximate surface area is 168 Å². The van der Waals surface area contributed by atoms with Crippen LogP contribution in [0.1, 0.15) is 29.8 Å². The van der Waals surface area contributed by atoms with Gasteiger partial charge in [-0.15, -0.1) is 0 Å². The monoisotopic (exact) mass is 394 g/mol. The van der Waals surface area contributed by atoms with E-state index in [9.17, 15) is 14.0 Å². The number of aromatic amines is 1. The van der Waals surface area contributed by atoms with Crippen molar-refractivity contribution in [1.29, 1.82) is 0 Å². The average Bonchev–Trinajstić information content (AvgIpc) is 2.72. The van der Waals surface area contributed by atoms with Gasteiger partial charge in [-0.2, -0.15) is 0 Å². The van der Waals surface area contributed by atoms with Crippen LogP contribution in [0, 0.1) is 5.82 Å². The van der Waals surface area contributed by atoms with Crippen LogP contribution in [0.2, 0.25) is 0 Å². The maximum Gasteiger partial charge on any atom is 0.261 e. The zero-order valence-corrected chi connectivity index (χ0v) is 16.6. The van der Waals surface area contributed by atoms with Gasteiger partial charge >= 0.3 is 0 Å². The molecule has 6 heteroatoms. The molecular weight excluding hydrogens is 371 g/mol. The van der Waals surface area contributed by atoms with Crippen molar-refractivity contribution in [3.05, 3.63) is 88.0 Å². The highest BCUT2D eigenvalue weighted by Crippen LogP contribution is 2.23. The number of hydrogen-bond donors (Lipinski definition) is 2. The molecule has 0 bridgehead atoms. The number of carbonyl (C=O) groups is 1. The molecule has 0 saturated heterocycles. The molecule has 3 aromatic rings. The molecule has 150 valence electrons. The fraction of sp³-hybridized carbons (Fsp3) is 0.217. The number of pyridine rings is 1. The summed E-state index contributed by atoms with van der Waals surface area (Å²) in [5.41, 5.74) is 1.41. The number of aromatic nitrogens is 1. The van der Waals surface area contributed by atoms with Crippen LogP contribution in [0.3, 0.4) is 0 Å². The third-order valence-electron chi connectivity index (χ3n) is 4.85. The summed E-state index contributed by atoms with van der Waals surface area (Å²) < 4.78 is 18.3. The lowest BCUT2D eigenvalue weighted by atomic mass is 9.84. The number of benzene rings is 2. The van der Waals surface area contributed by atoms with E-state index in [1.165, 1.54) is 18.2 Å². The fourth-order valence-electron chi connectivity index (χ4n) is 3.01. The molecule has 0 aliphatic heterocycles. The molecular formula is C23H23FN2O3. The standard InChI is InChI=1S/C23H23FN2O3/c1-23(2,16-7-9-17(24)10-8-16)14-25-21(27)19-11-12-20(26-22(19)28)15-5-4-6-18(13-15)29-3/h4-13H,14H2,1-3H3,(H,25,27)(H,26,28). The number of amides is 1. The lowest BCUT2D eigenvalue weighted by Gasteiger charge is -2.25. The number of rotatable bonds is 6.